The van der Waals surface area contributed by atoms with Crippen molar-refractivity contribution in [2.24, 2.45) is 5.10 Å². The van der Waals surface area contributed by atoms with E-state index in [4.69, 9.17) is 21.4 Å². The van der Waals surface area contributed by atoms with Crippen LogP contribution in [0.5, 0.6) is 5.75 Å². The molecule has 0 saturated heterocycles. The summed E-state index contributed by atoms with van der Waals surface area (Å²) in [5.74, 6) is 0.564. The summed E-state index contributed by atoms with van der Waals surface area (Å²) in [6.07, 6.45) is 0.631. The molecule has 1 aliphatic heterocycles. The van der Waals surface area contributed by atoms with Crippen LogP contribution in [0.4, 0.5) is 0 Å². The number of aryl methyl sites for hydroxylation is 1. The highest BCUT2D eigenvalue weighted by Crippen LogP contribution is 2.35. The fraction of sp³-hybridized carbons (Fsp3) is 0.167. The van der Waals surface area contributed by atoms with E-state index in [1.165, 1.54) is 5.56 Å². The normalized spacial score (nSPS) is 15.9. The fourth-order valence-electron chi connectivity index (χ4n) is 3.46. The van der Waals surface area contributed by atoms with Gasteiger partial charge >= 0.3 is 0 Å². The van der Waals surface area contributed by atoms with Crippen LogP contribution in [0.15, 0.2) is 77.9 Å². The lowest BCUT2D eigenvalue weighted by Crippen LogP contribution is -2.27. The molecule has 4 rings (SSSR count). The number of hydrogen-bond donors (Lipinski definition) is 0. The number of halogens is 1. The first-order chi connectivity index (χ1) is 14.1. The molecule has 0 N–H and O–H groups in total. The second kappa shape index (κ2) is 8.10. The number of ether oxygens (including phenoxy) is 1. The summed E-state index contributed by atoms with van der Waals surface area (Å²) in [6.45, 7) is 2.05. The summed E-state index contributed by atoms with van der Waals surface area (Å²) >= 11 is 6.29. The third-order valence-electron chi connectivity index (χ3n) is 5.11. The maximum absolute atomic E-state index is 13.3. The van der Waals surface area contributed by atoms with Crippen LogP contribution in [0.3, 0.4) is 0 Å². The summed E-state index contributed by atoms with van der Waals surface area (Å²) in [4.78, 5) is 13.3. The lowest BCUT2D eigenvalue weighted by molar-refractivity contribution is 0.0711. The van der Waals surface area contributed by atoms with Crippen LogP contribution in [0.25, 0.3) is 0 Å². The van der Waals surface area contributed by atoms with E-state index in [1.807, 2.05) is 55.5 Å². The van der Waals surface area contributed by atoms with Gasteiger partial charge in [-0.05, 0) is 42.3 Å². The Bertz CT molecular complexity index is 1060. The van der Waals surface area contributed by atoms with E-state index in [-0.39, 0.29) is 11.9 Å². The highest BCUT2D eigenvalue weighted by molar-refractivity contribution is 6.33. The minimum atomic E-state index is -0.210. The van der Waals surface area contributed by atoms with E-state index in [0.29, 0.717) is 17.0 Å². The Morgan fingerprint density at radius 1 is 1.03 bits per heavy atom. The zero-order chi connectivity index (χ0) is 20.4. The molecule has 0 bridgehead atoms. The van der Waals surface area contributed by atoms with E-state index >= 15 is 0 Å². The van der Waals surface area contributed by atoms with Crippen molar-refractivity contribution in [2.75, 3.05) is 7.11 Å². The van der Waals surface area contributed by atoms with Crippen LogP contribution in [0.2, 0.25) is 5.02 Å². The van der Waals surface area contributed by atoms with Crippen LogP contribution in [-0.4, -0.2) is 23.7 Å². The van der Waals surface area contributed by atoms with Gasteiger partial charge in [0, 0.05) is 6.42 Å². The van der Waals surface area contributed by atoms with Crippen molar-refractivity contribution in [1.82, 2.24) is 5.01 Å². The first-order valence-corrected chi connectivity index (χ1v) is 9.81. The Labute approximate surface area is 175 Å². The molecular formula is C24H21ClN2O2. The Balaban J connectivity index is 1.73. The van der Waals surface area contributed by atoms with Gasteiger partial charge in [-0.25, -0.2) is 5.01 Å². The van der Waals surface area contributed by atoms with Gasteiger partial charge < -0.3 is 4.74 Å². The topological polar surface area (TPSA) is 41.9 Å². The number of hydrazone groups is 1. The van der Waals surface area contributed by atoms with Gasteiger partial charge in [-0.3, -0.25) is 4.79 Å². The van der Waals surface area contributed by atoms with Crippen molar-refractivity contribution in [3.63, 3.8) is 0 Å². The number of amides is 1. The van der Waals surface area contributed by atoms with Crippen molar-refractivity contribution in [2.45, 2.75) is 19.4 Å². The molecule has 0 fully saturated rings. The predicted octanol–water partition coefficient (Wildman–Crippen LogP) is 5.65. The molecule has 0 radical (unpaired) electrons. The molecule has 1 aliphatic rings. The number of benzene rings is 3. The Morgan fingerprint density at radius 3 is 2.38 bits per heavy atom. The van der Waals surface area contributed by atoms with Crippen LogP contribution >= 0.6 is 11.6 Å². The van der Waals surface area contributed by atoms with Crippen LogP contribution in [0.1, 0.15) is 39.5 Å². The van der Waals surface area contributed by atoms with Gasteiger partial charge in [0.05, 0.1) is 29.4 Å². The Kier molecular flexibility index (Phi) is 5.36. The standard InChI is InChI=1S/C24H21ClN2O2/c1-16-7-9-17(10-8-16)22-15-23(18-11-13-19(29-2)14-12-18)27(26-22)24(28)20-5-3-4-6-21(20)25/h3-14,23H,15H2,1-2H3. The molecule has 1 heterocycles. The van der Waals surface area contributed by atoms with Crippen molar-refractivity contribution < 1.29 is 9.53 Å². The maximum Gasteiger partial charge on any atom is 0.276 e. The van der Waals surface area contributed by atoms with E-state index < -0.39 is 0 Å². The fourth-order valence-corrected chi connectivity index (χ4v) is 3.68. The maximum atomic E-state index is 13.3. The highest BCUT2D eigenvalue weighted by Gasteiger charge is 2.34. The molecule has 0 aliphatic carbocycles. The largest absolute Gasteiger partial charge is 0.497 e. The molecule has 4 nitrogen and oxygen atoms in total. The Morgan fingerprint density at radius 2 is 1.72 bits per heavy atom. The molecule has 1 atom stereocenters. The van der Waals surface area contributed by atoms with E-state index in [0.717, 1.165) is 22.6 Å². The van der Waals surface area contributed by atoms with Gasteiger partial charge in [-0.1, -0.05) is 65.7 Å². The average molecular weight is 405 g/mol. The molecule has 3 aromatic rings. The number of methoxy groups -OCH3 is 1. The molecule has 0 saturated carbocycles. The van der Waals surface area contributed by atoms with Crippen molar-refractivity contribution in [3.8, 4) is 5.75 Å². The van der Waals surface area contributed by atoms with Gasteiger partial charge in [0.15, 0.2) is 0 Å². The molecule has 146 valence electrons. The number of hydrogen-bond acceptors (Lipinski definition) is 3. The summed E-state index contributed by atoms with van der Waals surface area (Å²) in [5.41, 5.74) is 4.52. The van der Waals surface area contributed by atoms with Gasteiger partial charge in [-0.15, -0.1) is 0 Å². The second-order valence-electron chi connectivity index (χ2n) is 7.04. The van der Waals surface area contributed by atoms with E-state index in [9.17, 15) is 4.79 Å². The molecule has 0 aromatic heterocycles. The molecule has 5 heteroatoms. The second-order valence-corrected chi connectivity index (χ2v) is 7.44. The zero-order valence-electron chi connectivity index (χ0n) is 16.3. The van der Waals surface area contributed by atoms with Crippen molar-refractivity contribution in [3.05, 3.63) is 100 Å². The zero-order valence-corrected chi connectivity index (χ0v) is 17.1. The van der Waals surface area contributed by atoms with E-state index in [2.05, 4.69) is 12.1 Å². The molecule has 1 amide bonds. The molecular weight excluding hydrogens is 384 g/mol. The van der Waals surface area contributed by atoms with Gasteiger partial charge in [0.25, 0.3) is 5.91 Å². The first kappa shape index (κ1) is 19.2. The van der Waals surface area contributed by atoms with Gasteiger partial charge in [-0.2, -0.15) is 5.10 Å². The molecule has 29 heavy (non-hydrogen) atoms. The minimum Gasteiger partial charge on any atom is -0.497 e. The number of carbonyl (C=O) groups excluding carboxylic acids is 1. The van der Waals surface area contributed by atoms with Crippen molar-refractivity contribution in [1.29, 1.82) is 0 Å². The number of carbonyl (C=O) groups is 1. The number of nitrogens with zero attached hydrogens (tertiary/aromatic N) is 2. The smallest absolute Gasteiger partial charge is 0.276 e. The monoisotopic (exact) mass is 404 g/mol. The predicted molar refractivity (Wildman–Crippen MR) is 116 cm³/mol. The third-order valence-corrected chi connectivity index (χ3v) is 5.44. The third kappa shape index (κ3) is 3.89. The lowest BCUT2D eigenvalue weighted by atomic mass is 9.97. The summed E-state index contributed by atoms with van der Waals surface area (Å²) < 4.78 is 5.27. The summed E-state index contributed by atoms with van der Waals surface area (Å²) in [7, 11) is 1.64. The lowest BCUT2D eigenvalue weighted by Gasteiger charge is -2.22. The molecule has 0 spiro atoms. The molecule has 3 aromatic carbocycles. The number of rotatable bonds is 4. The van der Waals surface area contributed by atoms with E-state index in [1.54, 1.807) is 24.3 Å². The van der Waals surface area contributed by atoms with Gasteiger partial charge in [0.1, 0.15) is 5.75 Å². The minimum absolute atomic E-state index is 0.207. The SMILES string of the molecule is COc1ccc(C2CC(c3ccc(C)cc3)=NN2C(=O)c2ccccc2Cl)cc1. The average Bonchev–Trinajstić information content (AvgIpc) is 3.19. The summed E-state index contributed by atoms with van der Waals surface area (Å²) in [6, 6.07) is 22.8. The molecule has 1 unspecified atom stereocenters. The van der Waals surface area contributed by atoms with Crippen LogP contribution < -0.4 is 4.74 Å². The Hall–Kier alpha value is -3.11. The van der Waals surface area contributed by atoms with Crippen LogP contribution in [-0.2, 0) is 0 Å². The van der Waals surface area contributed by atoms with Crippen LogP contribution in [0, 0.1) is 6.92 Å². The van der Waals surface area contributed by atoms with Crippen molar-refractivity contribution >= 4 is 23.2 Å². The highest BCUT2D eigenvalue weighted by atomic mass is 35.5. The van der Waals surface area contributed by atoms with Gasteiger partial charge in [0.2, 0.25) is 0 Å². The quantitative estimate of drug-likeness (QED) is 0.564. The summed E-state index contributed by atoms with van der Waals surface area (Å²) in [5, 5.41) is 6.69. The first-order valence-electron chi connectivity index (χ1n) is 9.43.